The number of carbonyl (C=O) groups is 3. The van der Waals surface area contributed by atoms with E-state index in [2.05, 4.69) is 20.6 Å². The van der Waals surface area contributed by atoms with Crippen molar-refractivity contribution in [2.45, 2.75) is 45.5 Å². The molecule has 0 saturated carbocycles. The number of carbonyl (C=O) groups excluding carboxylic acids is 3. The number of benzene rings is 2. The largest absolute Gasteiger partial charge is 0.437 e. The van der Waals surface area contributed by atoms with Crippen molar-refractivity contribution in [1.29, 1.82) is 0 Å². The Kier molecular flexibility index (Phi) is 9.64. The quantitative estimate of drug-likeness (QED) is 0.332. The number of aryl methyl sites for hydroxylation is 1. The van der Waals surface area contributed by atoms with Gasteiger partial charge in [-0.25, -0.2) is 4.98 Å². The fourth-order valence-corrected chi connectivity index (χ4v) is 4.77. The van der Waals surface area contributed by atoms with Crippen molar-refractivity contribution in [2.24, 2.45) is 0 Å². The van der Waals surface area contributed by atoms with E-state index in [1.807, 2.05) is 4.90 Å². The highest BCUT2D eigenvalue weighted by Gasteiger charge is 2.37. The van der Waals surface area contributed by atoms with Crippen LogP contribution in [0, 0.1) is 6.92 Å². The minimum Gasteiger partial charge on any atom is -0.437 e. The Morgan fingerprint density at radius 1 is 1.16 bits per heavy atom. The summed E-state index contributed by atoms with van der Waals surface area (Å²) in [7, 11) is 3.60. The maximum absolute atomic E-state index is 13.8. The van der Waals surface area contributed by atoms with Gasteiger partial charge in [0.05, 0.1) is 5.56 Å². The number of anilines is 2. The lowest BCUT2D eigenvalue weighted by Crippen LogP contribution is -2.46. The number of rotatable bonds is 9. The van der Waals surface area contributed by atoms with E-state index in [0.29, 0.717) is 67.3 Å². The average molecular weight is 599 g/mol. The Morgan fingerprint density at radius 2 is 1.88 bits per heavy atom. The number of amides is 2. The molecule has 1 fully saturated rings. The highest BCUT2D eigenvalue weighted by molar-refractivity contribution is 5.95. The summed E-state index contributed by atoms with van der Waals surface area (Å²) in [5, 5.41) is 5.88. The normalized spacial score (nSPS) is 14.0. The summed E-state index contributed by atoms with van der Waals surface area (Å²) < 4.78 is 47.1. The minimum absolute atomic E-state index is 0.0131. The van der Waals surface area contributed by atoms with E-state index in [0.717, 1.165) is 0 Å². The number of hydrogen-bond donors (Lipinski definition) is 2. The van der Waals surface area contributed by atoms with Crippen molar-refractivity contribution in [3.8, 4) is 11.6 Å². The zero-order valence-electron chi connectivity index (χ0n) is 24.3. The van der Waals surface area contributed by atoms with Crippen molar-refractivity contribution in [1.82, 2.24) is 25.1 Å². The van der Waals surface area contributed by atoms with Gasteiger partial charge in [-0.3, -0.25) is 14.4 Å². The van der Waals surface area contributed by atoms with Gasteiger partial charge in [-0.2, -0.15) is 18.2 Å². The SMILES string of the molecule is CC(=O)N1CCC(NC(=O)c2ccc(Nc3ncc(C(F)(F)F)c(Oc4cccc(CN(C)C)c4C=O)n3)c(C)c2)CC1. The first-order chi connectivity index (χ1) is 20.3. The van der Waals surface area contributed by atoms with Gasteiger partial charge < -0.3 is 25.2 Å². The van der Waals surface area contributed by atoms with Crippen LogP contribution in [0.2, 0.25) is 0 Å². The van der Waals surface area contributed by atoms with Crippen molar-refractivity contribution in [3.63, 3.8) is 0 Å². The third kappa shape index (κ3) is 7.86. The van der Waals surface area contributed by atoms with Crippen LogP contribution in [0.15, 0.2) is 42.6 Å². The van der Waals surface area contributed by atoms with Crippen molar-refractivity contribution in [2.75, 3.05) is 32.5 Å². The van der Waals surface area contributed by atoms with Crippen LogP contribution in [0.4, 0.5) is 24.8 Å². The lowest BCUT2D eigenvalue weighted by molar-refractivity contribution is -0.139. The zero-order valence-corrected chi connectivity index (χ0v) is 24.3. The number of halogens is 3. The Hall–Kier alpha value is -4.52. The number of hydrogen-bond acceptors (Lipinski definition) is 8. The predicted molar refractivity (Wildman–Crippen MR) is 154 cm³/mol. The lowest BCUT2D eigenvalue weighted by Gasteiger charge is -2.31. The summed E-state index contributed by atoms with van der Waals surface area (Å²) >= 11 is 0. The van der Waals surface area contributed by atoms with Gasteiger partial charge in [0.1, 0.15) is 11.3 Å². The topological polar surface area (TPSA) is 117 Å². The van der Waals surface area contributed by atoms with Gasteiger partial charge in [0, 0.05) is 50.0 Å². The van der Waals surface area contributed by atoms with Crippen LogP contribution in [0.1, 0.15) is 57.2 Å². The maximum Gasteiger partial charge on any atom is 0.423 e. The minimum atomic E-state index is -4.82. The van der Waals surface area contributed by atoms with Gasteiger partial charge in [-0.1, -0.05) is 12.1 Å². The molecule has 4 rings (SSSR count). The van der Waals surface area contributed by atoms with Crippen LogP contribution in [0.5, 0.6) is 11.6 Å². The van der Waals surface area contributed by atoms with Gasteiger partial charge >= 0.3 is 6.18 Å². The molecule has 1 aromatic heterocycles. The molecule has 10 nitrogen and oxygen atoms in total. The van der Waals surface area contributed by atoms with E-state index >= 15 is 0 Å². The Morgan fingerprint density at radius 3 is 2.49 bits per heavy atom. The number of ether oxygens (including phenoxy) is 1. The summed E-state index contributed by atoms with van der Waals surface area (Å²) in [6.07, 6.45) is -2.34. The number of likely N-dealkylation sites (tertiary alicyclic amines) is 1. The molecule has 0 bridgehead atoms. The first-order valence-corrected chi connectivity index (χ1v) is 13.6. The first kappa shape index (κ1) is 31.4. The third-order valence-electron chi connectivity index (χ3n) is 7.04. The van der Waals surface area contributed by atoms with Gasteiger partial charge in [-0.15, -0.1) is 0 Å². The van der Waals surface area contributed by atoms with Crippen LogP contribution in [0.25, 0.3) is 0 Å². The fraction of sp³-hybridized carbons (Fsp3) is 0.367. The number of nitrogens with zero attached hydrogens (tertiary/aromatic N) is 4. The molecule has 2 heterocycles. The smallest absolute Gasteiger partial charge is 0.423 e. The summed E-state index contributed by atoms with van der Waals surface area (Å²) in [6, 6.07) is 9.48. The Labute approximate surface area is 247 Å². The Balaban J connectivity index is 1.53. The molecule has 13 heteroatoms. The second kappa shape index (κ2) is 13.2. The molecule has 0 unspecified atom stereocenters. The molecule has 43 heavy (non-hydrogen) atoms. The van der Waals surface area contributed by atoms with E-state index < -0.39 is 17.6 Å². The van der Waals surface area contributed by atoms with Crippen molar-refractivity contribution < 1.29 is 32.3 Å². The van der Waals surface area contributed by atoms with Gasteiger partial charge in [-0.05, 0) is 69.3 Å². The molecule has 0 aliphatic carbocycles. The summed E-state index contributed by atoms with van der Waals surface area (Å²) in [4.78, 5) is 47.6. The van der Waals surface area contributed by atoms with Gasteiger partial charge in [0.25, 0.3) is 5.91 Å². The molecule has 3 aromatic rings. The molecular formula is C30H33F3N6O4. The van der Waals surface area contributed by atoms with E-state index in [1.54, 1.807) is 56.3 Å². The highest BCUT2D eigenvalue weighted by Crippen LogP contribution is 2.38. The molecule has 1 saturated heterocycles. The molecule has 228 valence electrons. The number of piperidine rings is 1. The molecule has 2 aromatic carbocycles. The molecule has 0 spiro atoms. The highest BCUT2D eigenvalue weighted by atomic mass is 19.4. The fourth-order valence-electron chi connectivity index (χ4n) is 4.77. The van der Waals surface area contributed by atoms with E-state index in [-0.39, 0.29) is 35.1 Å². The standard InChI is InChI=1S/C30H33F3N6O4/c1-18-14-20(27(42)35-22-10-12-39(13-11-22)19(2)41)8-9-25(18)36-29-34-15-24(30(31,32)33)28(37-29)43-26-7-5-6-21(16-38(3)4)23(26)17-40/h5-9,14-15,17,22H,10-13,16H2,1-4H3,(H,35,42)(H,34,36,37). The molecule has 1 aliphatic rings. The van der Waals surface area contributed by atoms with E-state index in [1.165, 1.54) is 13.0 Å². The third-order valence-corrected chi connectivity index (χ3v) is 7.04. The first-order valence-electron chi connectivity index (χ1n) is 13.6. The number of alkyl halides is 3. The Bertz CT molecular complexity index is 1500. The van der Waals surface area contributed by atoms with Gasteiger partial charge in [0.15, 0.2) is 6.29 Å². The number of aldehydes is 1. The van der Waals surface area contributed by atoms with Crippen LogP contribution in [-0.2, 0) is 17.5 Å². The van der Waals surface area contributed by atoms with Crippen LogP contribution in [-0.4, -0.2) is 71.1 Å². The van der Waals surface area contributed by atoms with Crippen molar-refractivity contribution in [3.05, 3.63) is 70.4 Å². The van der Waals surface area contributed by atoms with Crippen LogP contribution >= 0.6 is 0 Å². The summed E-state index contributed by atoms with van der Waals surface area (Å²) in [5.41, 5.74) is 1.01. The van der Waals surface area contributed by atoms with E-state index in [9.17, 15) is 27.6 Å². The summed E-state index contributed by atoms with van der Waals surface area (Å²) in [5.74, 6) is -1.25. The zero-order chi connectivity index (χ0) is 31.3. The molecule has 1 aliphatic heterocycles. The van der Waals surface area contributed by atoms with Crippen LogP contribution < -0.4 is 15.4 Å². The average Bonchev–Trinajstić information content (AvgIpc) is 2.94. The second-order valence-electron chi connectivity index (χ2n) is 10.6. The molecule has 2 amide bonds. The second-order valence-corrected chi connectivity index (χ2v) is 10.6. The van der Waals surface area contributed by atoms with Gasteiger partial charge in [0.2, 0.25) is 17.7 Å². The van der Waals surface area contributed by atoms with Crippen molar-refractivity contribution >= 4 is 29.7 Å². The number of aromatic nitrogens is 2. The monoisotopic (exact) mass is 598 g/mol. The van der Waals surface area contributed by atoms with Crippen LogP contribution in [0.3, 0.4) is 0 Å². The lowest BCUT2D eigenvalue weighted by atomic mass is 10.0. The predicted octanol–water partition coefficient (Wildman–Crippen LogP) is 4.95. The maximum atomic E-state index is 13.8. The number of nitrogens with one attached hydrogen (secondary N) is 2. The summed E-state index contributed by atoms with van der Waals surface area (Å²) in [6.45, 7) is 4.80. The molecular weight excluding hydrogens is 565 g/mol. The molecule has 2 N–H and O–H groups in total. The molecule has 0 radical (unpaired) electrons. The molecule has 0 atom stereocenters. The van der Waals surface area contributed by atoms with E-state index in [4.69, 9.17) is 4.74 Å².